The van der Waals surface area contributed by atoms with E-state index in [2.05, 4.69) is 10.5 Å². The molecule has 2 aromatic carbocycles. The van der Waals surface area contributed by atoms with E-state index in [9.17, 15) is 4.79 Å². The first kappa shape index (κ1) is 14.6. The van der Waals surface area contributed by atoms with Crippen molar-refractivity contribution in [2.45, 2.75) is 13.0 Å². The van der Waals surface area contributed by atoms with Gasteiger partial charge in [0, 0.05) is 5.56 Å². The van der Waals surface area contributed by atoms with Crippen LogP contribution in [0.5, 0.6) is 0 Å². The number of oxime groups is 1. The van der Waals surface area contributed by atoms with Crippen molar-refractivity contribution in [2.24, 2.45) is 10.9 Å². The Labute approximate surface area is 123 Å². The Morgan fingerprint density at radius 2 is 1.90 bits per heavy atom. The van der Waals surface area contributed by atoms with Crippen LogP contribution < -0.4 is 11.1 Å². The van der Waals surface area contributed by atoms with Crippen molar-refractivity contribution in [3.8, 4) is 0 Å². The van der Waals surface area contributed by atoms with Crippen LogP contribution in [-0.2, 0) is 0 Å². The highest BCUT2D eigenvalue weighted by atomic mass is 16.4. The van der Waals surface area contributed by atoms with Crippen molar-refractivity contribution in [3.63, 3.8) is 0 Å². The number of hydrogen-bond acceptors (Lipinski definition) is 3. The smallest absolute Gasteiger partial charge is 0.252 e. The van der Waals surface area contributed by atoms with Gasteiger partial charge in [-0.2, -0.15) is 0 Å². The number of hydrogen-bond donors (Lipinski definition) is 3. The van der Waals surface area contributed by atoms with Gasteiger partial charge in [0.25, 0.3) is 5.91 Å². The van der Waals surface area contributed by atoms with Crippen molar-refractivity contribution < 1.29 is 10.0 Å². The molecule has 4 N–H and O–H groups in total. The number of amides is 1. The van der Waals surface area contributed by atoms with Crippen LogP contribution >= 0.6 is 0 Å². The molecule has 0 saturated carbocycles. The molecule has 0 aliphatic carbocycles. The lowest BCUT2D eigenvalue weighted by Crippen LogP contribution is -2.37. The Morgan fingerprint density at radius 1 is 1.19 bits per heavy atom. The van der Waals surface area contributed by atoms with E-state index in [1.807, 2.05) is 37.3 Å². The van der Waals surface area contributed by atoms with Crippen LogP contribution in [0.25, 0.3) is 0 Å². The summed E-state index contributed by atoms with van der Waals surface area (Å²) in [6, 6.07) is 15.7. The van der Waals surface area contributed by atoms with Gasteiger partial charge in [-0.15, -0.1) is 0 Å². The predicted molar refractivity (Wildman–Crippen MR) is 81.2 cm³/mol. The van der Waals surface area contributed by atoms with E-state index in [-0.39, 0.29) is 11.7 Å². The van der Waals surface area contributed by atoms with Gasteiger partial charge in [-0.05, 0) is 24.6 Å². The second-order valence-electron chi connectivity index (χ2n) is 4.71. The fourth-order valence-corrected chi connectivity index (χ4v) is 2.03. The summed E-state index contributed by atoms with van der Waals surface area (Å²) in [5.74, 6) is -0.346. The van der Waals surface area contributed by atoms with E-state index in [1.54, 1.807) is 24.3 Å². The maximum Gasteiger partial charge on any atom is 0.252 e. The molecule has 5 heteroatoms. The lowest BCUT2D eigenvalue weighted by Gasteiger charge is -2.18. The first-order valence-corrected chi connectivity index (χ1v) is 6.51. The highest BCUT2D eigenvalue weighted by Gasteiger charge is 2.19. The fourth-order valence-electron chi connectivity index (χ4n) is 2.03. The van der Waals surface area contributed by atoms with Crippen LogP contribution in [-0.4, -0.2) is 17.0 Å². The van der Waals surface area contributed by atoms with Gasteiger partial charge in [0.1, 0.15) is 6.04 Å². The van der Waals surface area contributed by atoms with Crippen molar-refractivity contribution in [1.82, 2.24) is 5.32 Å². The lowest BCUT2D eigenvalue weighted by atomic mass is 10.0. The molecule has 0 aromatic heterocycles. The zero-order chi connectivity index (χ0) is 15.2. The van der Waals surface area contributed by atoms with Crippen LogP contribution in [0.2, 0.25) is 0 Å². The summed E-state index contributed by atoms with van der Waals surface area (Å²) in [7, 11) is 0. The summed E-state index contributed by atoms with van der Waals surface area (Å²) >= 11 is 0. The van der Waals surface area contributed by atoms with E-state index in [0.29, 0.717) is 5.56 Å². The molecule has 0 aliphatic rings. The zero-order valence-corrected chi connectivity index (χ0v) is 11.7. The van der Waals surface area contributed by atoms with Crippen molar-refractivity contribution in [2.75, 3.05) is 0 Å². The summed E-state index contributed by atoms with van der Waals surface area (Å²) < 4.78 is 0. The number of rotatable bonds is 4. The maximum absolute atomic E-state index is 12.3. The Bertz CT molecular complexity index is 654. The molecule has 5 nitrogen and oxygen atoms in total. The summed E-state index contributed by atoms with van der Waals surface area (Å²) in [5, 5.41) is 14.7. The minimum absolute atomic E-state index is 0.0674. The van der Waals surface area contributed by atoms with Gasteiger partial charge in [-0.25, -0.2) is 0 Å². The topological polar surface area (TPSA) is 87.7 Å². The predicted octanol–water partition coefficient (Wildman–Crippen LogP) is 2.21. The number of carbonyl (C=O) groups is 1. The summed E-state index contributed by atoms with van der Waals surface area (Å²) in [5.41, 5.74) is 7.95. The van der Waals surface area contributed by atoms with E-state index < -0.39 is 6.04 Å². The summed E-state index contributed by atoms with van der Waals surface area (Å²) in [6.07, 6.45) is 0. The number of carbonyl (C=O) groups excluding carboxylic acids is 1. The molecule has 1 unspecified atom stereocenters. The van der Waals surface area contributed by atoms with Crippen LogP contribution in [0.4, 0.5) is 0 Å². The van der Waals surface area contributed by atoms with E-state index in [4.69, 9.17) is 10.9 Å². The third kappa shape index (κ3) is 3.60. The molecular weight excluding hydrogens is 266 g/mol. The lowest BCUT2D eigenvalue weighted by molar-refractivity contribution is 0.0946. The second kappa shape index (κ2) is 6.56. The Morgan fingerprint density at radius 3 is 2.52 bits per heavy atom. The molecule has 0 fully saturated rings. The average Bonchev–Trinajstić information content (AvgIpc) is 2.52. The van der Waals surface area contributed by atoms with E-state index in [0.717, 1.165) is 11.1 Å². The number of nitrogens with zero attached hydrogens (tertiary/aromatic N) is 1. The van der Waals surface area contributed by atoms with Gasteiger partial charge in [-0.1, -0.05) is 53.2 Å². The van der Waals surface area contributed by atoms with E-state index in [1.165, 1.54) is 0 Å². The minimum Gasteiger partial charge on any atom is -0.409 e. The summed E-state index contributed by atoms with van der Waals surface area (Å²) in [4.78, 5) is 12.3. The zero-order valence-electron chi connectivity index (χ0n) is 11.7. The molecule has 0 spiro atoms. The molecule has 0 aliphatic heterocycles. The molecule has 1 amide bonds. The van der Waals surface area contributed by atoms with Gasteiger partial charge < -0.3 is 16.3 Å². The average molecular weight is 283 g/mol. The largest absolute Gasteiger partial charge is 0.409 e. The first-order chi connectivity index (χ1) is 10.1. The molecule has 1 atom stereocenters. The van der Waals surface area contributed by atoms with Gasteiger partial charge in [0.2, 0.25) is 0 Å². The third-order valence-corrected chi connectivity index (χ3v) is 3.10. The fraction of sp³-hybridized carbons (Fsp3) is 0.125. The molecular formula is C16H17N3O2. The van der Waals surface area contributed by atoms with Gasteiger partial charge in [-0.3, -0.25) is 4.79 Å². The van der Waals surface area contributed by atoms with Crippen LogP contribution in [0.1, 0.15) is 27.5 Å². The standard InChI is InChI=1S/C16H17N3O2/c1-11-6-5-9-13(10-11)16(20)18-14(15(17)19-21)12-7-3-2-4-8-12/h2-10,14,21H,1H3,(H2,17,19)(H,18,20). The van der Waals surface area contributed by atoms with Crippen LogP contribution in [0.3, 0.4) is 0 Å². The van der Waals surface area contributed by atoms with Gasteiger partial charge in [0.15, 0.2) is 5.84 Å². The normalized spacial score (nSPS) is 12.7. The third-order valence-electron chi connectivity index (χ3n) is 3.10. The Hall–Kier alpha value is -2.82. The van der Waals surface area contributed by atoms with Crippen molar-refractivity contribution >= 4 is 11.7 Å². The molecule has 0 radical (unpaired) electrons. The molecule has 0 saturated heterocycles. The summed E-state index contributed by atoms with van der Waals surface area (Å²) in [6.45, 7) is 1.91. The van der Waals surface area contributed by atoms with E-state index >= 15 is 0 Å². The van der Waals surface area contributed by atoms with Crippen molar-refractivity contribution in [1.29, 1.82) is 0 Å². The molecule has 2 aromatic rings. The maximum atomic E-state index is 12.3. The van der Waals surface area contributed by atoms with Crippen LogP contribution in [0.15, 0.2) is 59.8 Å². The first-order valence-electron chi connectivity index (χ1n) is 6.51. The van der Waals surface area contributed by atoms with Crippen LogP contribution in [0, 0.1) is 6.92 Å². The minimum atomic E-state index is -0.677. The number of aryl methyl sites for hydroxylation is 1. The number of amidine groups is 1. The molecule has 2 rings (SSSR count). The molecule has 0 heterocycles. The number of benzene rings is 2. The molecule has 0 bridgehead atoms. The monoisotopic (exact) mass is 283 g/mol. The highest BCUT2D eigenvalue weighted by molar-refractivity contribution is 5.98. The molecule has 21 heavy (non-hydrogen) atoms. The SMILES string of the molecule is Cc1cccc(C(=O)NC(/C(N)=N/O)c2ccccc2)c1. The Balaban J connectivity index is 2.26. The van der Waals surface area contributed by atoms with Crippen molar-refractivity contribution in [3.05, 3.63) is 71.3 Å². The number of nitrogens with two attached hydrogens (primary N) is 1. The van der Waals surface area contributed by atoms with Gasteiger partial charge >= 0.3 is 0 Å². The quantitative estimate of drug-likeness (QED) is 0.348. The Kier molecular flexibility index (Phi) is 4.56. The van der Waals surface area contributed by atoms with Gasteiger partial charge in [0.05, 0.1) is 0 Å². The highest BCUT2D eigenvalue weighted by Crippen LogP contribution is 2.14. The number of nitrogens with one attached hydrogen (secondary N) is 1. The second-order valence-corrected chi connectivity index (χ2v) is 4.71. The molecule has 108 valence electrons.